The van der Waals surface area contributed by atoms with Gasteiger partial charge in [0, 0.05) is 15.9 Å². The van der Waals surface area contributed by atoms with Crippen molar-refractivity contribution in [1.29, 1.82) is 0 Å². The number of nitrogens with one attached hydrogen (secondary N) is 1. The Bertz CT molecular complexity index is 407. The lowest BCUT2D eigenvalue weighted by molar-refractivity contribution is 0.0920. The molecule has 0 saturated carbocycles. The summed E-state index contributed by atoms with van der Waals surface area (Å²) in [5.74, 6) is 0.113. The molecule has 1 aromatic carbocycles. The van der Waals surface area contributed by atoms with Crippen LogP contribution in [-0.2, 0) is 0 Å². The Labute approximate surface area is 113 Å². The van der Waals surface area contributed by atoms with Crippen molar-refractivity contribution in [2.75, 3.05) is 5.88 Å². The van der Waals surface area contributed by atoms with Crippen LogP contribution in [0.15, 0.2) is 22.7 Å². The van der Waals surface area contributed by atoms with Gasteiger partial charge in [0.1, 0.15) is 0 Å². The second-order valence-electron chi connectivity index (χ2n) is 4.07. The lowest BCUT2D eigenvalue weighted by atomic mass is 10.1. The quantitative estimate of drug-likeness (QED) is 0.841. The third-order valence-corrected chi connectivity index (χ3v) is 3.95. The van der Waals surface area contributed by atoms with Crippen LogP contribution in [0.2, 0.25) is 5.02 Å². The number of carbonyl (C=O) groups is 1. The van der Waals surface area contributed by atoms with Crippen molar-refractivity contribution in [2.45, 2.75) is 19.4 Å². The number of alkyl halides is 1. The second kappa shape index (κ2) is 5.39. The molecule has 1 N–H and O–H groups in total. The van der Waals surface area contributed by atoms with Crippen molar-refractivity contribution in [2.24, 2.45) is 0 Å². The van der Waals surface area contributed by atoms with Crippen LogP contribution in [0, 0.1) is 0 Å². The molecule has 1 aromatic rings. The number of benzene rings is 1. The van der Waals surface area contributed by atoms with Crippen LogP contribution < -0.4 is 5.32 Å². The molecule has 0 atom stereocenters. The molecule has 0 bridgehead atoms. The Hall–Kier alpha value is -0.250. The summed E-state index contributed by atoms with van der Waals surface area (Å²) in [5.41, 5.74) is -0.0150. The zero-order chi connectivity index (χ0) is 12.3. The molecule has 0 aliphatic rings. The van der Waals surface area contributed by atoms with Crippen LogP contribution in [0.5, 0.6) is 0 Å². The molecule has 0 aromatic heterocycles. The Morgan fingerprint density at radius 1 is 1.50 bits per heavy atom. The Morgan fingerprint density at radius 3 is 2.69 bits per heavy atom. The number of hydrogen-bond acceptors (Lipinski definition) is 1. The molecule has 1 rings (SSSR count). The topological polar surface area (TPSA) is 29.1 Å². The van der Waals surface area contributed by atoms with Gasteiger partial charge in [-0.15, -0.1) is 11.6 Å². The van der Waals surface area contributed by atoms with Crippen LogP contribution in [0.3, 0.4) is 0 Å². The molecule has 0 radical (unpaired) electrons. The smallest absolute Gasteiger partial charge is 0.253 e. The van der Waals surface area contributed by atoms with Crippen LogP contribution in [0.25, 0.3) is 0 Å². The number of amides is 1. The van der Waals surface area contributed by atoms with Gasteiger partial charge in [0.2, 0.25) is 0 Å². The Balaban J connectivity index is 2.94. The Kier molecular flexibility index (Phi) is 4.65. The summed E-state index contributed by atoms with van der Waals surface area (Å²) < 4.78 is 0.700. The maximum absolute atomic E-state index is 11.9. The van der Waals surface area contributed by atoms with Crippen molar-refractivity contribution in [1.82, 2.24) is 5.32 Å². The minimum absolute atomic E-state index is 0.225. The molecule has 0 aliphatic heterocycles. The van der Waals surface area contributed by atoms with Gasteiger partial charge in [-0.3, -0.25) is 4.79 Å². The van der Waals surface area contributed by atoms with Crippen LogP contribution in [-0.4, -0.2) is 17.3 Å². The molecular formula is C11H12BrCl2NO. The normalized spacial score (nSPS) is 11.3. The van der Waals surface area contributed by atoms with E-state index in [2.05, 4.69) is 21.2 Å². The zero-order valence-corrected chi connectivity index (χ0v) is 12.1. The highest BCUT2D eigenvalue weighted by Crippen LogP contribution is 2.26. The molecule has 2 nitrogen and oxygen atoms in total. The van der Waals surface area contributed by atoms with Crippen LogP contribution in [0.1, 0.15) is 24.2 Å². The zero-order valence-electron chi connectivity index (χ0n) is 8.98. The van der Waals surface area contributed by atoms with E-state index in [4.69, 9.17) is 23.2 Å². The Morgan fingerprint density at radius 2 is 2.12 bits per heavy atom. The molecular weight excluding hydrogens is 313 g/mol. The highest BCUT2D eigenvalue weighted by molar-refractivity contribution is 9.10. The summed E-state index contributed by atoms with van der Waals surface area (Å²) in [6.45, 7) is 3.70. The van der Waals surface area contributed by atoms with Gasteiger partial charge in [-0.2, -0.15) is 0 Å². The molecule has 0 unspecified atom stereocenters. The third kappa shape index (κ3) is 3.37. The summed E-state index contributed by atoms with van der Waals surface area (Å²) >= 11 is 15.0. The average Bonchev–Trinajstić information content (AvgIpc) is 2.21. The highest BCUT2D eigenvalue weighted by atomic mass is 79.9. The van der Waals surface area contributed by atoms with E-state index in [0.29, 0.717) is 20.9 Å². The van der Waals surface area contributed by atoms with Crippen molar-refractivity contribution in [3.8, 4) is 0 Å². The maximum Gasteiger partial charge on any atom is 0.253 e. The molecule has 5 heteroatoms. The molecule has 16 heavy (non-hydrogen) atoms. The third-order valence-electron chi connectivity index (χ3n) is 1.98. The van der Waals surface area contributed by atoms with E-state index in [9.17, 15) is 4.79 Å². The van der Waals surface area contributed by atoms with Gasteiger partial charge in [0.25, 0.3) is 5.91 Å². The largest absolute Gasteiger partial charge is 0.346 e. The minimum Gasteiger partial charge on any atom is -0.346 e. The average molecular weight is 325 g/mol. The number of rotatable bonds is 3. The van der Waals surface area contributed by atoms with Gasteiger partial charge in [-0.25, -0.2) is 0 Å². The monoisotopic (exact) mass is 323 g/mol. The van der Waals surface area contributed by atoms with E-state index in [1.807, 2.05) is 13.8 Å². The van der Waals surface area contributed by atoms with E-state index in [1.54, 1.807) is 18.2 Å². The van der Waals surface area contributed by atoms with Gasteiger partial charge >= 0.3 is 0 Å². The molecule has 0 aliphatic carbocycles. The second-order valence-corrected chi connectivity index (χ2v) is 5.57. The van der Waals surface area contributed by atoms with Crippen LogP contribution >= 0.6 is 39.1 Å². The fourth-order valence-electron chi connectivity index (χ4n) is 1.09. The van der Waals surface area contributed by atoms with E-state index >= 15 is 0 Å². The number of carbonyl (C=O) groups excluding carboxylic acids is 1. The molecule has 0 fully saturated rings. The number of hydrogen-bond donors (Lipinski definition) is 1. The fraction of sp³-hybridized carbons (Fsp3) is 0.364. The van der Waals surface area contributed by atoms with Crippen LogP contribution in [0.4, 0.5) is 0 Å². The maximum atomic E-state index is 11.9. The minimum atomic E-state index is -0.454. The predicted octanol–water partition coefficient (Wildman–Crippen LogP) is 3.85. The van der Waals surface area contributed by atoms with E-state index in [1.165, 1.54) is 0 Å². The van der Waals surface area contributed by atoms with E-state index in [0.717, 1.165) is 0 Å². The van der Waals surface area contributed by atoms with Gasteiger partial charge < -0.3 is 5.32 Å². The van der Waals surface area contributed by atoms with Gasteiger partial charge in [0.15, 0.2) is 0 Å². The highest BCUT2D eigenvalue weighted by Gasteiger charge is 2.21. The predicted molar refractivity (Wildman–Crippen MR) is 71.4 cm³/mol. The first-order chi connectivity index (χ1) is 7.37. The standard InChI is InChI=1S/C11H12BrCl2NO/c1-11(2,6-13)15-10(16)7-4-3-5-8(12)9(7)14/h3-5H,6H2,1-2H3,(H,15,16). The molecule has 0 saturated heterocycles. The summed E-state index contributed by atoms with van der Waals surface area (Å²) in [6.07, 6.45) is 0. The van der Waals surface area contributed by atoms with Crippen molar-refractivity contribution in [3.63, 3.8) is 0 Å². The summed E-state index contributed by atoms with van der Waals surface area (Å²) in [5, 5.41) is 3.22. The van der Waals surface area contributed by atoms with Gasteiger partial charge in [-0.05, 0) is 41.9 Å². The first-order valence-corrected chi connectivity index (χ1v) is 6.40. The van der Waals surface area contributed by atoms with E-state index in [-0.39, 0.29) is 5.91 Å². The SMILES string of the molecule is CC(C)(CCl)NC(=O)c1cccc(Br)c1Cl. The summed E-state index contributed by atoms with van der Waals surface area (Å²) in [4.78, 5) is 11.9. The van der Waals surface area contributed by atoms with Crippen molar-refractivity contribution >= 4 is 45.0 Å². The molecule has 0 heterocycles. The molecule has 0 spiro atoms. The first-order valence-electron chi connectivity index (χ1n) is 4.70. The molecule has 1 amide bonds. The molecule has 88 valence electrons. The summed E-state index contributed by atoms with van der Waals surface area (Å²) in [6, 6.07) is 5.22. The summed E-state index contributed by atoms with van der Waals surface area (Å²) in [7, 11) is 0. The van der Waals surface area contributed by atoms with E-state index < -0.39 is 5.54 Å². The van der Waals surface area contributed by atoms with Crippen molar-refractivity contribution < 1.29 is 4.79 Å². The van der Waals surface area contributed by atoms with Gasteiger partial charge in [-0.1, -0.05) is 17.7 Å². The lowest BCUT2D eigenvalue weighted by Crippen LogP contribution is -2.45. The number of halogens is 3. The van der Waals surface area contributed by atoms with Crippen molar-refractivity contribution in [3.05, 3.63) is 33.3 Å². The fourth-order valence-corrected chi connectivity index (χ4v) is 1.73. The first kappa shape index (κ1) is 13.8. The lowest BCUT2D eigenvalue weighted by Gasteiger charge is -2.23. The van der Waals surface area contributed by atoms with Gasteiger partial charge in [0.05, 0.1) is 10.6 Å².